The Hall–Kier alpha value is -1.48. The van der Waals surface area contributed by atoms with Gasteiger partial charge in [-0.05, 0) is 0 Å². The standard InChI is InChI=1S/C8H7N3O4S2/c12-4-1-2-5(13)11(4)7-9-10-8(17-7)16-3-6(14)15/h1-3H2,(H,14,15). The predicted octanol–water partition coefficient (Wildman–Crippen LogP) is 0.368. The van der Waals surface area contributed by atoms with Gasteiger partial charge in [0.2, 0.25) is 16.9 Å². The number of thioether (sulfide) groups is 1. The number of carboxylic acid groups (broad SMARTS) is 1. The van der Waals surface area contributed by atoms with Crippen molar-refractivity contribution in [1.82, 2.24) is 10.2 Å². The number of aromatic nitrogens is 2. The number of carbonyl (C=O) groups excluding carboxylic acids is 2. The second-order valence-electron chi connectivity index (χ2n) is 3.16. The zero-order valence-electron chi connectivity index (χ0n) is 8.45. The SMILES string of the molecule is O=C(O)CSc1nnc(N2C(=O)CCC2=O)s1. The summed E-state index contributed by atoms with van der Waals surface area (Å²) in [5, 5.41) is 16.1. The van der Waals surface area contributed by atoms with E-state index >= 15 is 0 Å². The van der Waals surface area contributed by atoms with Crippen LogP contribution < -0.4 is 4.90 Å². The molecule has 0 radical (unpaired) electrons. The first kappa shape index (κ1) is 12.0. The maximum Gasteiger partial charge on any atom is 0.313 e. The zero-order chi connectivity index (χ0) is 12.4. The summed E-state index contributed by atoms with van der Waals surface area (Å²) in [6, 6.07) is 0. The van der Waals surface area contributed by atoms with E-state index in [1.165, 1.54) is 0 Å². The van der Waals surface area contributed by atoms with E-state index in [0.717, 1.165) is 28.0 Å². The Morgan fingerprint density at radius 3 is 2.59 bits per heavy atom. The van der Waals surface area contributed by atoms with Crippen molar-refractivity contribution in [3.8, 4) is 0 Å². The minimum absolute atomic E-state index is 0.128. The first-order valence-corrected chi connectivity index (χ1v) is 6.42. The molecule has 0 atom stereocenters. The molecular formula is C8H7N3O4S2. The maximum absolute atomic E-state index is 11.4. The van der Waals surface area contributed by atoms with Gasteiger partial charge in [0.05, 0.1) is 5.75 Å². The molecular weight excluding hydrogens is 266 g/mol. The van der Waals surface area contributed by atoms with Crippen LogP contribution in [-0.2, 0) is 14.4 Å². The second kappa shape index (κ2) is 4.80. The molecule has 1 aliphatic heterocycles. The van der Waals surface area contributed by atoms with Crippen molar-refractivity contribution < 1.29 is 19.5 Å². The fourth-order valence-corrected chi connectivity index (χ4v) is 2.86. The summed E-state index contributed by atoms with van der Waals surface area (Å²) in [5.41, 5.74) is 0. The lowest BCUT2D eigenvalue weighted by Crippen LogP contribution is -2.28. The van der Waals surface area contributed by atoms with Crippen LogP contribution in [0.5, 0.6) is 0 Å². The number of carboxylic acids is 1. The number of amides is 2. The smallest absolute Gasteiger partial charge is 0.313 e. The van der Waals surface area contributed by atoms with Gasteiger partial charge in [-0.2, -0.15) is 0 Å². The maximum atomic E-state index is 11.4. The highest BCUT2D eigenvalue weighted by atomic mass is 32.2. The Morgan fingerprint density at radius 2 is 2.00 bits per heavy atom. The summed E-state index contributed by atoms with van der Waals surface area (Å²) >= 11 is 2.05. The normalized spacial score (nSPS) is 15.6. The Morgan fingerprint density at radius 1 is 1.35 bits per heavy atom. The van der Waals surface area contributed by atoms with Gasteiger partial charge in [-0.1, -0.05) is 23.1 Å². The largest absolute Gasteiger partial charge is 0.481 e. The molecule has 1 aliphatic rings. The van der Waals surface area contributed by atoms with Gasteiger partial charge in [0.25, 0.3) is 0 Å². The van der Waals surface area contributed by atoms with E-state index in [4.69, 9.17) is 5.11 Å². The summed E-state index contributed by atoms with van der Waals surface area (Å²) in [6.45, 7) is 0. The first-order valence-electron chi connectivity index (χ1n) is 4.62. The molecule has 0 aliphatic carbocycles. The van der Waals surface area contributed by atoms with Crippen LogP contribution in [0.4, 0.5) is 5.13 Å². The van der Waals surface area contributed by atoms with Crippen LogP contribution in [0, 0.1) is 0 Å². The number of rotatable bonds is 4. The van der Waals surface area contributed by atoms with Crippen LogP contribution >= 0.6 is 23.1 Å². The molecule has 2 rings (SSSR count). The van der Waals surface area contributed by atoms with E-state index in [1.54, 1.807) is 0 Å². The molecule has 0 spiro atoms. The van der Waals surface area contributed by atoms with E-state index in [2.05, 4.69) is 10.2 Å². The number of carbonyl (C=O) groups is 3. The van der Waals surface area contributed by atoms with Crippen molar-refractivity contribution in [2.45, 2.75) is 17.2 Å². The van der Waals surface area contributed by atoms with Gasteiger partial charge in [0.1, 0.15) is 0 Å². The number of aliphatic carboxylic acids is 1. The van der Waals surface area contributed by atoms with E-state index in [-0.39, 0.29) is 35.5 Å². The van der Waals surface area contributed by atoms with Crippen LogP contribution in [-0.4, -0.2) is 38.8 Å². The van der Waals surface area contributed by atoms with Crippen LogP contribution in [0.3, 0.4) is 0 Å². The minimum atomic E-state index is -0.958. The molecule has 0 bridgehead atoms. The summed E-state index contributed by atoms with van der Waals surface area (Å²) in [4.78, 5) is 34.2. The molecule has 0 aromatic carbocycles. The molecule has 0 saturated carbocycles. The Balaban J connectivity index is 2.10. The molecule has 2 amide bonds. The molecule has 0 unspecified atom stereocenters. The number of hydrogen-bond donors (Lipinski definition) is 1. The van der Waals surface area contributed by atoms with Crippen molar-refractivity contribution in [2.75, 3.05) is 10.7 Å². The van der Waals surface area contributed by atoms with Crippen molar-refractivity contribution in [3.63, 3.8) is 0 Å². The van der Waals surface area contributed by atoms with E-state index in [1.807, 2.05) is 0 Å². The van der Waals surface area contributed by atoms with Gasteiger partial charge in [-0.15, -0.1) is 10.2 Å². The third kappa shape index (κ3) is 2.61. The highest BCUT2D eigenvalue weighted by molar-refractivity contribution is 8.01. The number of imide groups is 1. The summed E-state index contributed by atoms with van der Waals surface area (Å²) < 4.78 is 0.426. The first-order chi connectivity index (χ1) is 8.08. The average molecular weight is 273 g/mol. The van der Waals surface area contributed by atoms with Crippen LogP contribution in [0.25, 0.3) is 0 Å². The summed E-state index contributed by atoms with van der Waals surface area (Å²) in [6.07, 6.45) is 0.381. The Bertz CT molecular complexity index is 471. The minimum Gasteiger partial charge on any atom is -0.481 e. The number of anilines is 1. The molecule has 1 N–H and O–H groups in total. The summed E-state index contributed by atoms with van der Waals surface area (Å²) in [5.74, 6) is -1.67. The van der Waals surface area contributed by atoms with Crippen LogP contribution in [0.2, 0.25) is 0 Å². The quantitative estimate of drug-likeness (QED) is 0.480. The molecule has 1 saturated heterocycles. The fourth-order valence-electron chi connectivity index (χ4n) is 1.26. The molecule has 17 heavy (non-hydrogen) atoms. The lowest BCUT2D eigenvalue weighted by Gasteiger charge is -2.06. The summed E-state index contributed by atoms with van der Waals surface area (Å²) in [7, 11) is 0. The fraction of sp³-hybridized carbons (Fsp3) is 0.375. The molecule has 90 valence electrons. The lowest BCUT2D eigenvalue weighted by molar-refractivity contribution is -0.134. The second-order valence-corrected chi connectivity index (χ2v) is 5.33. The van der Waals surface area contributed by atoms with Gasteiger partial charge in [0.15, 0.2) is 4.34 Å². The molecule has 1 aromatic heterocycles. The molecule has 2 heterocycles. The third-order valence-electron chi connectivity index (χ3n) is 1.96. The number of hydrogen-bond acceptors (Lipinski definition) is 7. The van der Waals surface area contributed by atoms with Gasteiger partial charge in [0, 0.05) is 12.8 Å². The monoisotopic (exact) mass is 273 g/mol. The Kier molecular flexibility index (Phi) is 3.38. The lowest BCUT2D eigenvalue weighted by atomic mass is 10.4. The number of nitrogens with zero attached hydrogens (tertiary/aromatic N) is 3. The molecule has 1 aromatic rings. The molecule has 9 heteroatoms. The molecule has 7 nitrogen and oxygen atoms in total. The van der Waals surface area contributed by atoms with Gasteiger partial charge >= 0.3 is 5.97 Å². The topological polar surface area (TPSA) is 100 Å². The molecule has 1 fully saturated rings. The van der Waals surface area contributed by atoms with Crippen molar-refractivity contribution in [1.29, 1.82) is 0 Å². The van der Waals surface area contributed by atoms with Crippen LogP contribution in [0.1, 0.15) is 12.8 Å². The predicted molar refractivity (Wildman–Crippen MR) is 60.0 cm³/mol. The highest BCUT2D eigenvalue weighted by Gasteiger charge is 2.32. The van der Waals surface area contributed by atoms with Crippen molar-refractivity contribution in [3.05, 3.63) is 0 Å². The Labute approximate surface area is 104 Å². The van der Waals surface area contributed by atoms with E-state index in [0.29, 0.717) is 4.34 Å². The van der Waals surface area contributed by atoms with E-state index < -0.39 is 5.97 Å². The van der Waals surface area contributed by atoms with Crippen molar-refractivity contribution >= 4 is 46.0 Å². The third-order valence-corrected chi connectivity index (χ3v) is 3.98. The zero-order valence-corrected chi connectivity index (χ0v) is 10.1. The van der Waals surface area contributed by atoms with Crippen LogP contribution in [0.15, 0.2) is 4.34 Å². The highest BCUT2D eigenvalue weighted by Crippen LogP contribution is 2.30. The van der Waals surface area contributed by atoms with E-state index in [9.17, 15) is 14.4 Å². The van der Waals surface area contributed by atoms with Gasteiger partial charge < -0.3 is 5.11 Å². The van der Waals surface area contributed by atoms with Gasteiger partial charge in [-0.25, -0.2) is 4.90 Å². The average Bonchev–Trinajstić information content (AvgIpc) is 2.83. The van der Waals surface area contributed by atoms with Gasteiger partial charge in [-0.3, -0.25) is 14.4 Å². The van der Waals surface area contributed by atoms with Crippen molar-refractivity contribution in [2.24, 2.45) is 0 Å².